The average Bonchev–Trinajstić information content (AvgIpc) is 2.46. The van der Waals surface area contributed by atoms with Crippen LogP contribution in [0.15, 0.2) is 36.5 Å². The van der Waals surface area contributed by atoms with E-state index in [-0.39, 0.29) is 11.5 Å². The molecule has 0 aliphatic rings. The number of anilines is 3. The minimum Gasteiger partial charge on any atom is -0.465 e. The lowest BCUT2D eigenvalue weighted by Crippen LogP contribution is -2.27. The molecule has 0 radical (unpaired) electrons. The quantitative estimate of drug-likeness (QED) is 0.844. The fourth-order valence-electron chi connectivity index (χ4n) is 1.78. The Morgan fingerprint density at radius 3 is 2.41 bits per heavy atom. The number of carbonyl (C=O) groups excluding carboxylic acids is 1. The van der Waals surface area contributed by atoms with Crippen molar-refractivity contribution in [1.29, 1.82) is 0 Å². The SMILES string of the molecule is COC(=O)c1ccc(Nc2ccnc(NC(C)(C)C)n2)cc1. The average molecular weight is 300 g/mol. The van der Waals surface area contributed by atoms with E-state index in [1.165, 1.54) is 7.11 Å². The molecule has 2 aromatic rings. The van der Waals surface area contributed by atoms with Crippen LogP contribution in [0, 0.1) is 0 Å². The molecule has 6 heteroatoms. The summed E-state index contributed by atoms with van der Waals surface area (Å²) in [4.78, 5) is 20.0. The predicted octanol–water partition coefficient (Wildman–Crippen LogP) is 3.22. The van der Waals surface area contributed by atoms with Gasteiger partial charge in [-0.05, 0) is 51.1 Å². The van der Waals surface area contributed by atoms with Gasteiger partial charge in [0.1, 0.15) is 5.82 Å². The summed E-state index contributed by atoms with van der Waals surface area (Å²) in [5.74, 6) is 0.876. The molecule has 0 amide bonds. The largest absolute Gasteiger partial charge is 0.465 e. The molecule has 116 valence electrons. The molecule has 1 aromatic heterocycles. The van der Waals surface area contributed by atoms with Gasteiger partial charge < -0.3 is 15.4 Å². The van der Waals surface area contributed by atoms with Crippen LogP contribution in [-0.4, -0.2) is 28.6 Å². The van der Waals surface area contributed by atoms with E-state index < -0.39 is 0 Å². The summed E-state index contributed by atoms with van der Waals surface area (Å²) in [6.45, 7) is 6.13. The van der Waals surface area contributed by atoms with Crippen LogP contribution < -0.4 is 10.6 Å². The van der Waals surface area contributed by atoms with Crippen LogP contribution >= 0.6 is 0 Å². The summed E-state index contributed by atoms with van der Waals surface area (Å²) in [5.41, 5.74) is 1.22. The van der Waals surface area contributed by atoms with E-state index in [4.69, 9.17) is 0 Å². The number of carbonyl (C=O) groups is 1. The molecular formula is C16H20N4O2. The van der Waals surface area contributed by atoms with Crippen LogP contribution in [0.5, 0.6) is 0 Å². The van der Waals surface area contributed by atoms with E-state index in [0.29, 0.717) is 17.3 Å². The second kappa shape index (κ2) is 6.43. The molecule has 0 saturated heterocycles. The third-order valence-corrected chi connectivity index (χ3v) is 2.72. The Labute approximate surface area is 129 Å². The van der Waals surface area contributed by atoms with Crippen LogP contribution in [0.2, 0.25) is 0 Å². The number of methoxy groups -OCH3 is 1. The third-order valence-electron chi connectivity index (χ3n) is 2.72. The van der Waals surface area contributed by atoms with Crippen molar-refractivity contribution in [2.45, 2.75) is 26.3 Å². The van der Waals surface area contributed by atoms with Gasteiger partial charge in [-0.15, -0.1) is 0 Å². The maximum Gasteiger partial charge on any atom is 0.337 e. The van der Waals surface area contributed by atoms with Crippen LogP contribution in [0.4, 0.5) is 17.5 Å². The number of ether oxygens (including phenoxy) is 1. The minimum absolute atomic E-state index is 0.110. The van der Waals surface area contributed by atoms with E-state index in [1.807, 2.05) is 20.8 Å². The normalized spacial score (nSPS) is 10.9. The summed E-state index contributed by atoms with van der Waals surface area (Å²) in [7, 11) is 1.36. The van der Waals surface area contributed by atoms with Crippen molar-refractivity contribution >= 4 is 23.4 Å². The Balaban J connectivity index is 2.10. The Morgan fingerprint density at radius 2 is 1.82 bits per heavy atom. The van der Waals surface area contributed by atoms with Gasteiger partial charge >= 0.3 is 5.97 Å². The van der Waals surface area contributed by atoms with E-state index in [2.05, 4.69) is 25.3 Å². The molecule has 2 N–H and O–H groups in total. The minimum atomic E-state index is -0.356. The Bertz CT molecular complexity index is 648. The van der Waals surface area contributed by atoms with Crippen LogP contribution in [0.25, 0.3) is 0 Å². The molecule has 0 atom stereocenters. The van der Waals surface area contributed by atoms with E-state index in [9.17, 15) is 4.79 Å². The lowest BCUT2D eigenvalue weighted by atomic mass is 10.1. The fraction of sp³-hybridized carbons (Fsp3) is 0.312. The molecule has 22 heavy (non-hydrogen) atoms. The lowest BCUT2D eigenvalue weighted by Gasteiger charge is -2.20. The summed E-state index contributed by atoms with van der Waals surface area (Å²) in [6.07, 6.45) is 1.69. The van der Waals surface area contributed by atoms with Crippen molar-refractivity contribution in [1.82, 2.24) is 9.97 Å². The van der Waals surface area contributed by atoms with Crippen molar-refractivity contribution in [3.8, 4) is 0 Å². The Kier molecular flexibility index (Phi) is 4.60. The van der Waals surface area contributed by atoms with Crippen LogP contribution in [-0.2, 0) is 4.74 Å². The molecule has 1 aromatic carbocycles. The van der Waals surface area contributed by atoms with Gasteiger partial charge in [0.25, 0.3) is 0 Å². The first-order valence-corrected chi connectivity index (χ1v) is 6.94. The second-order valence-electron chi connectivity index (χ2n) is 5.83. The first kappa shape index (κ1) is 15.8. The number of hydrogen-bond donors (Lipinski definition) is 2. The topological polar surface area (TPSA) is 76.1 Å². The molecule has 1 heterocycles. The molecule has 0 unspecified atom stereocenters. The summed E-state index contributed by atoms with van der Waals surface area (Å²) in [6, 6.07) is 8.77. The highest BCUT2D eigenvalue weighted by molar-refractivity contribution is 5.89. The fourth-order valence-corrected chi connectivity index (χ4v) is 1.78. The van der Waals surface area contributed by atoms with Crippen molar-refractivity contribution in [3.63, 3.8) is 0 Å². The first-order chi connectivity index (χ1) is 10.4. The molecule has 2 rings (SSSR count). The summed E-state index contributed by atoms with van der Waals surface area (Å²) >= 11 is 0. The predicted molar refractivity (Wildman–Crippen MR) is 86.5 cm³/mol. The summed E-state index contributed by atoms with van der Waals surface area (Å²) in [5, 5.41) is 6.39. The molecule has 0 fully saturated rings. The monoisotopic (exact) mass is 300 g/mol. The van der Waals surface area contributed by atoms with Gasteiger partial charge in [0.15, 0.2) is 0 Å². The zero-order chi connectivity index (χ0) is 16.2. The molecule has 6 nitrogen and oxygen atoms in total. The highest BCUT2D eigenvalue weighted by Crippen LogP contribution is 2.17. The third kappa shape index (κ3) is 4.44. The molecule has 0 aliphatic carbocycles. The maximum absolute atomic E-state index is 11.4. The van der Waals surface area contributed by atoms with Crippen molar-refractivity contribution < 1.29 is 9.53 Å². The van der Waals surface area contributed by atoms with Crippen molar-refractivity contribution in [3.05, 3.63) is 42.1 Å². The van der Waals surface area contributed by atoms with Crippen molar-refractivity contribution in [2.24, 2.45) is 0 Å². The van der Waals surface area contributed by atoms with Gasteiger partial charge in [0.2, 0.25) is 5.95 Å². The van der Waals surface area contributed by atoms with Gasteiger partial charge in [-0.2, -0.15) is 4.98 Å². The number of benzene rings is 1. The van der Waals surface area contributed by atoms with Crippen LogP contribution in [0.1, 0.15) is 31.1 Å². The van der Waals surface area contributed by atoms with E-state index in [1.54, 1.807) is 36.5 Å². The number of nitrogens with zero attached hydrogens (tertiary/aromatic N) is 2. The second-order valence-corrected chi connectivity index (χ2v) is 5.83. The standard InChI is InChI=1S/C16H20N4O2/c1-16(2,3)20-15-17-10-9-13(19-15)18-12-7-5-11(6-8-12)14(21)22-4/h5-10H,1-4H3,(H2,17,18,19,20). The molecule has 0 aliphatic heterocycles. The van der Waals surface area contributed by atoms with E-state index in [0.717, 1.165) is 5.69 Å². The summed E-state index contributed by atoms with van der Waals surface area (Å²) < 4.78 is 4.67. The number of rotatable bonds is 4. The van der Waals surface area contributed by atoms with Crippen LogP contribution in [0.3, 0.4) is 0 Å². The number of nitrogens with one attached hydrogen (secondary N) is 2. The number of aromatic nitrogens is 2. The molecule has 0 bridgehead atoms. The highest BCUT2D eigenvalue weighted by Gasteiger charge is 2.11. The van der Waals surface area contributed by atoms with Gasteiger partial charge in [-0.1, -0.05) is 0 Å². The highest BCUT2D eigenvalue weighted by atomic mass is 16.5. The smallest absolute Gasteiger partial charge is 0.337 e. The van der Waals surface area contributed by atoms with Gasteiger partial charge in [-0.25, -0.2) is 9.78 Å². The van der Waals surface area contributed by atoms with Crippen molar-refractivity contribution in [2.75, 3.05) is 17.7 Å². The van der Waals surface area contributed by atoms with Gasteiger partial charge in [-0.3, -0.25) is 0 Å². The van der Waals surface area contributed by atoms with E-state index >= 15 is 0 Å². The molecular weight excluding hydrogens is 280 g/mol. The van der Waals surface area contributed by atoms with Gasteiger partial charge in [0.05, 0.1) is 12.7 Å². The zero-order valence-electron chi connectivity index (χ0n) is 13.2. The number of hydrogen-bond acceptors (Lipinski definition) is 6. The van der Waals surface area contributed by atoms with Gasteiger partial charge in [0, 0.05) is 17.4 Å². The maximum atomic E-state index is 11.4. The Hall–Kier alpha value is -2.63. The lowest BCUT2D eigenvalue weighted by molar-refractivity contribution is 0.0601. The Morgan fingerprint density at radius 1 is 1.14 bits per heavy atom. The zero-order valence-corrected chi connectivity index (χ0v) is 13.2. The first-order valence-electron chi connectivity index (χ1n) is 6.94. The molecule has 0 saturated carbocycles. The number of esters is 1. The molecule has 0 spiro atoms.